The number of phenols is 1. The quantitative estimate of drug-likeness (QED) is 0.654. The van der Waals surface area contributed by atoms with E-state index in [0.29, 0.717) is 12.2 Å². The van der Waals surface area contributed by atoms with Gasteiger partial charge in [0.05, 0.1) is 12.8 Å². The van der Waals surface area contributed by atoms with Crippen molar-refractivity contribution in [2.24, 2.45) is 5.10 Å². The highest BCUT2D eigenvalue weighted by Gasteiger charge is 2.03. The van der Waals surface area contributed by atoms with Crippen molar-refractivity contribution in [3.8, 4) is 11.5 Å². The van der Waals surface area contributed by atoms with Gasteiger partial charge < -0.3 is 9.84 Å². The lowest BCUT2D eigenvalue weighted by molar-refractivity contribution is 0.0955. The van der Waals surface area contributed by atoms with Crippen molar-refractivity contribution in [2.45, 2.75) is 6.92 Å². The summed E-state index contributed by atoms with van der Waals surface area (Å²) in [6, 6.07) is 13.3. The van der Waals surface area contributed by atoms with Gasteiger partial charge in [-0.25, -0.2) is 5.43 Å². The second-order valence-corrected chi connectivity index (χ2v) is 4.25. The first-order chi connectivity index (χ1) is 10.2. The fourth-order valence-corrected chi connectivity index (χ4v) is 1.66. The van der Waals surface area contributed by atoms with Crippen molar-refractivity contribution in [1.29, 1.82) is 0 Å². The Balaban J connectivity index is 1.93. The minimum absolute atomic E-state index is 0.186. The predicted molar refractivity (Wildman–Crippen MR) is 80.8 cm³/mol. The monoisotopic (exact) mass is 284 g/mol. The molecule has 2 N–H and O–H groups in total. The van der Waals surface area contributed by atoms with E-state index in [1.165, 1.54) is 6.21 Å². The Morgan fingerprint density at radius 1 is 1.19 bits per heavy atom. The molecule has 0 atom stereocenters. The van der Waals surface area contributed by atoms with E-state index < -0.39 is 0 Å². The standard InChI is InChI=1S/C16H16N2O3/c1-2-21-15-9-5-13(6-10-15)16(20)18-17-11-12-3-7-14(19)8-4-12/h3-11,19H,2H2,1H3,(H,18,20). The van der Waals surface area contributed by atoms with Crippen LogP contribution in [0.4, 0.5) is 0 Å². The smallest absolute Gasteiger partial charge is 0.271 e. The number of nitrogens with zero attached hydrogens (tertiary/aromatic N) is 1. The van der Waals surface area contributed by atoms with Gasteiger partial charge in [-0.15, -0.1) is 0 Å². The Bertz CT molecular complexity index is 619. The van der Waals surface area contributed by atoms with E-state index in [9.17, 15) is 4.79 Å². The van der Waals surface area contributed by atoms with Gasteiger partial charge in [-0.3, -0.25) is 4.79 Å². The normalized spacial score (nSPS) is 10.5. The highest BCUT2D eigenvalue weighted by atomic mass is 16.5. The van der Waals surface area contributed by atoms with E-state index in [1.807, 2.05) is 6.92 Å². The topological polar surface area (TPSA) is 70.9 Å². The summed E-state index contributed by atoms with van der Waals surface area (Å²) in [6.45, 7) is 2.49. The summed E-state index contributed by atoms with van der Waals surface area (Å²) in [5, 5.41) is 13.0. The largest absolute Gasteiger partial charge is 0.508 e. The van der Waals surface area contributed by atoms with Crippen molar-refractivity contribution in [2.75, 3.05) is 6.61 Å². The number of nitrogens with one attached hydrogen (secondary N) is 1. The zero-order valence-corrected chi connectivity index (χ0v) is 11.6. The van der Waals surface area contributed by atoms with E-state index in [1.54, 1.807) is 48.5 Å². The third kappa shape index (κ3) is 4.35. The number of hydrogen-bond acceptors (Lipinski definition) is 4. The van der Waals surface area contributed by atoms with Crippen molar-refractivity contribution in [1.82, 2.24) is 5.43 Å². The molecule has 0 unspecified atom stereocenters. The summed E-state index contributed by atoms with van der Waals surface area (Å²) in [4.78, 5) is 11.9. The van der Waals surface area contributed by atoms with Crippen LogP contribution in [0, 0.1) is 0 Å². The molecule has 0 fully saturated rings. The van der Waals surface area contributed by atoms with Gasteiger partial charge in [-0.2, -0.15) is 5.10 Å². The number of hydrogen-bond donors (Lipinski definition) is 2. The molecule has 108 valence electrons. The summed E-state index contributed by atoms with van der Waals surface area (Å²) in [7, 11) is 0. The number of phenolic OH excluding ortho intramolecular Hbond substituents is 1. The Labute approximate surface area is 122 Å². The van der Waals surface area contributed by atoms with Gasteiger partial charge in [0.15, 0.2) is 0 Å². The third-order valence-electron chi connectivity index (χ3n) is 2.70. The van der Waals surface area contributed by atoms with Crippen LogP contribution < -0.4 is 10.2 Å². The number of carbonyl (C=O) groups is 1. The van der Waals surface area contributed by atoms with Gasteiger partial charge in [0.2, 0.25) is 0 Å². The van der Waals surface area contributed by atoms with E-state index in [0.717, 1.165) is 11.3 Å². The van der Waals surface area contributed by atoms with Gasteiger partial charge in [0, 0.05) is 5.56 Å². The molecule has 0 saturated carbocycles. The minimum Gasteiger partial charge on any atom is -0.508 e. The molecule has 1 amide bonds. The second kappa shape index (κ2) is 7.09. The van der Waals surface area contributed by atoms with Gasteiger partial charge in [-0.1, -0.05) is 0 Å². The lowest BCUT2D eigenvalue weighted by Crippen LogP contribution is -2.17. The number of ether oxygens (including phenoxy) is 1. The highest BCUT2D eigenvalue weighted by Crippen LogP contribution is 2.12. The van der Waals surface area contributed by atoms with Crippen molar-refractivity contribution in [3.63, 3.8) is 0 Å². The molecule has 2 aromatic carbocycles. The lowest BCUT2D eigenvalue weighted by atomic mass is 10.2. The summed E-state index contributed by atoms with van der Waals surface area (Å²) >= 11 is 0. The molecule has 0 aliphatic heterocycles. The molecule has 2 rings (SSSR count). The number of aromatic hydroxyl groups is 1. The minimum atomic E-state index is -0.298. The van der Waals surface area contributed by atoms with Crippen LogP contribution in [0.15, 0.2) is 53.6 Å². The van der Waals surface area contributed by atoms with Gasteiger partial charge in [0.25, 0.3) is 5.91 Å². The molecule has 21 heavy (non-hydrogen) atoms. The maximum Gasteiger partial charge on any atom is 0.271 e. The first-order valence-electron chi connectivity index (χ1n) is 6.54. The molecule has 0 bridgehead atoms. The van der Waals surface area contributed by atoms with Crippen molar-refractivity contribution in [3.05, 3.63) is 59.7 Å². The van der Waals surface area contributed by atoms with Crippen LogP contribution >= 0.6 is 0 Å². The maximum absolute atomic E-state index is 11.9. The molecule has 5 heteroatoms. The zero-order chi connectivity index (χ0) is 15.1. The van der Waals surface area contributed by atoms with Crippen LogP contribution in [0.1, 0.15) is 22.8 Å². The molecule has 5 nitrogen and oxygen atoms in total. The van der Waals surface area contributed by atoms with Crippen molar-refractivity contribution < 1.29 is 14.6 Å². The molecule has 0 radical (unpaired) electrons. The average Bonchev–Trinajstić information content (AvgIpc) is 2.50. The van der Waals surface area contributed by atoms with Crippen LogP contribution in [-0.2, 0) is 0 Å². The maximum atomic E-state index is 11.9. The van der Waals surface area contributed by atoms with Crippen LogP contribution in [0.25, 0.3) is 0 Å². The molecule has 0 aromatic heterocycles. The fraction of sp³-hybridized carbons (Fsp3) is 0.125. The molecular weight excluding hydrogens is 268 g/mol. The Morgan fingerprint density at radius 2 is 1.86 bits per heavy atom. The van der Waals surface area contributed by atoms with Crippen LogP contribution in [0.2, 0.25) is 0 Å². The Morgan fingerprint density at radius 3 is 2.48 bits per heavy atom. The van der Waals surface area contributed by atoms with Crippen molar-refractivity contribution >= 4 is 12.1 Å². The number of carbonyl (C=O) groups excluding carboxylic acids is 1. The van der Waals surface area contributed by atoms with Crippen LogP contribution in [-0.4, -0.2) is 23.8 Å². The van der Waals surface area contributed by atoms with E-state index in [-0.39, 0.29) is 11.7 Å². The first-order valence-corrected chi connectivity index (χ1v) is 6.54. The highest BCUT2D eigenvalue weighted by molar-refractivity contribution is 5.95. The molecule has 0 heterocycles. The van der Waals surface area contributed by atoms with Gasteiger partial charge in [-0.05, 0) is 61.0 Å². The Hall–Kier alpha value is -2.82. The third-order valence-corrected chi connectivity index (χ3v) is 2.70. The van der Waals surface area contributed by atoms with Crippen LogP contribution in [0.5, 0.6) is 11.5 Å². The number of amides is 1. The van der Waals surface area contributed by atoms with E-state index in [2.05, 4.69) is 10.5 Å². The molecule has 0 aliphatic rings. The molecule has 2 aromatic rings. The molecule has 0 saturated heterocycles. The number of hydrazone groups is 1. The zero-order valence-electron chi connectivity index (χ0n) is 11.6. The lowest BCUT2D eigenvalue weighted by Gasteiger charge is -2.04. The fourth-order valence-electron chi connectivity index (χ4n) is 1.66. The summed E-state index contributed by atoms with van der Waals surface area (Å²) in [5.41, 5.74) is 3.72. The summed E-state index contributed by atoms with van der Waals surface area (Å²) in [6.07, 6.45) is 1.51. The van der Waals surface area contributed by atoms with E-state index in [4.69, 9.17) is 9.84 Å². The average molecular weight is 284 g/mol. The second-order valence-electron chi connectivity index (χ2n) is 4.25. The number of rotatable bonds is 5. The van der Waals surface area contributed by atoms with Gasteiger partial charge >= 0.3 is 0 Å². The molecule has 0 aliphatic carbocycles. The number of benzene rings is 2. The van der Waals surface area contributed by atoms with Gasteiger partial charge in [0.1, 0.15) is 11.5 Å². The molecule has 0 spiro atoms. The van der Waals surface area contributed by atoms with Crippen LogP contribution in [0.3, 0.4) is 0 Å². The summed E-state index contributed by atoms with van der Waals surface area (Å²) < 4.78 is 5.31. The molecular formula is C16H16N2O3. The summed E-state index contributed by atoms with van der Waals surface area (Å²) in [5.74, 6) is 0.611. The SMILES string of the molecule is CCOc1ccc(C(=O)NN=Cc2ccc(O)cc2)cc1. The predicted octanol–water partition coefficient (Wildman–Crippen LogP) is 2.55. The van der Waals surface area contributed by atoms with E-state index >= 15 is 0 Å². The Kier molecular flexibility index (Phi) is 4.93. The first kappa shape index (κ1) is 14.6.